The summed E-state index contributed by atoms with van der Waals surface area (Å²) in [5, 5.41) is 28.8. The van der Waals surface area contributed by atoms with E-state index in [4.69, 9.17) is 30.2 Å². The van der Waals surface area contributed by atoms with Gasteiger partial charge >= 0.3 is 12.2 Å². The molecule has 2 aromatic rings. The zero-order chi connectivity index (χ0) is 31.6. The largest absolute Gasteiger partial charge is 0.444 e. The molecule has 2 amide bonds. The molecule has 2 aromatic carbocycles. The summed E-state index contributed by atoms with van der Waals surface area (Å²) in [6, 6.07) is 17.9. The summed E-state index contributed by atoms with van der Waals surface area (Å²) in [7, 11) is 0. The number of nitrogens with two attached hydrogens (primary N) is 1. The topological polar surface area (TPSA) is 210 Å². The Morgan fingerprint density at radius 2 is 1.32 bits per heavy atom. The van der Waals surface area contributed by atoms with Crippen molar-refractivity contribution in [2.75, 3.05) is 39.5 Å². The third kappa shape index (κ3) is 12.8. The second-order valence-electron chi connectivity index (χ2n) is 10.4. The average Bonchev–Trinajstić information content (AvgIpc) is 3.75. The van der Waals surface area contributed by atoms with Gasteiger partial charge in [0.25, 0.3) is 0 Å². The molecule has 6 N–H and O–H groups in total. The van der Waals surface area contributed by atoms with Crippen molar-refractivity contribution in [1.29, 1.82) is 0 Å². The van der Waals surface area contributed by atoms with E-state index < -0.39 is 36.5 Å². The van der Waals surface area contributed by atoms with Crippen molar-refractivity contribution in [3.05, 3.63) is 82.2 Å². The maximum atomic E-state index is 12.0. The summed E-state index contributed by atoms with van der Waals surface area (Å²) < 4.78 is 20.8. The highest BCUT2D eigenvalue weighted by atomic mass is 16.6. The molecule has 0 aliphatic carbocycles. The zero-order valence-electron chi connectivity index (χ0n) is 24.6. The van der Waals surface area contributed by atoms with Crippen molar-refractivity contribution in [2.45, 2.75) is 62.2 Å². The molecule has 0 aromatic heterocycles. The fourth-order valence-electron chi connectivity index (χ4n) is 4.60. The molecule has 2 saturated heterocycles. The molecular formula is C30H42N6O8. The van der Waals surface area contributed by atoms with Crippen molar-refractivity contribution in [3.8, 4) is 0 Å². The van der Waals surface area contributed by atoms with Crippen LogP contribution in [0, 0.1) is 0 Å². The van der Waals surface area contributed by atoms with Crippen LogP contribution in [0.1, 0.15) is 24.0 Å². The van der Waals surface area contributed by atoms with Crippen LogP contribution in [0.15, 0.2) is 65.8 Å². The van der Waals surface area contributed by atoms with Crippen molar-refractivity contribution in [1.82, 2.24) is 10.6 Å². The van der Waals surface area contributed by atoms with Gasteiger partial charge in [0, 0.05) is 24.3 Å². The van der Waals surface area contributed by atoms with Gasteiger partial charge in [0.2, 0.25) is 0 Å². The number of benzene rings is 2. The molecule has 0 saturated carbocycles. The highest BCUT2D eigenvalue weighted by molar-refractivity contribution is 5.68. The third-order valence-corrected chi connectivity index (χ3v) is 7.03. The van der Waals surface area contributed by atoms with Crippen LogP contribution >= 0.6 is 0 Å². The summed E-state index contributed by atoms with van der Waals surface area (Å²) in [5.74, 6) is 0. The molecule has 14 heteroatoms. The van der Waals surface area contributed by atoms with Gasteiger partial charge in [0.15, 0.2) is 0 Å². The number of aliphatic hydroxyl groups excluding tert-OH is 2. The molecule has 2 fully saturated rings. The van der Waals surface area contributed by atoms with Crippen LogP contribution in [0.3, 0.4) is 0 Å². The van der Waals surface area contributed by atoms with Gasteiger partial charge in [0.05, 0.1) is 57.3 Å². The Labute approximate surface area is 256 Å². The maximum Gasteiger partial charge on any atom is 0.407 e. The van der Waals surface area contributed by atoms with Gasteiger partial charge in [-0.1, -0.05) is 65.8 Å². The van der Waals surface area contributed by atoms with E-state index in [1.165, 1.54) is 0 Å². The monoisotopic (exact) mass is 614 g/mol. The Morgan fingerprint density at radius 3 is 1.70 bits per heavy atom. The second-order valence-corrected chi connectivity index (χ2v) is 10.4. The highest BCUT2D eigenvalue weighted by Crippen LogP contribution is 2.12. The number of hydrogen-bond donors (Lipinski definition) is 5. The molecular weight excluding hydrogens is 572 g/mol. The Morgan fingerprint density at radius 1 is 0.864 bits per heavy atom. The lowest BCUT2D eigenvalue weighted by molar-refractivity contribution is 0.0701. The molecule has 2 heterocycles. The number of aliphatic hydroxyl groups is 2. The maximum absolute atomic E-state index is 12.0. The minimum Gasteiger partial charge on any atom is -0.444 e. The number of alkyl carbamates (subject to hydrolysis) is 2. The first-order chi connectivity index (χ1) is 21.4. The molecule has 14 nitrogen and oxygen atoms in total. The van der Waals surface area contributed by atoms with Crippen LogP contribution in [-0.4, -0.2) is 98.4 Å². The lowest BCUT2D eigenvalue weighted by Gasteiger charge is -2.23. The van der Waals surface area contributed by atoms with E-state index in [1.54, 1.807) is 0 Å². The fourth-order valence-corrected chi connectivity index (χ4v) is 4.60. The molecule has 0 spiro atoms. The SMILES string of the molecule is NCC(O)[C@H](Cc1ccccc1)NC(=O)OC1CCOC1.[N-]=[N+]=NCC(O)[C@H](Cc1ccccc1)NC(=O)OC1CCOC1. The quantitative estimate of drug-likeness (QED) is 0.127. The first-order valence-electron chi connectivity index (χ1n) is 14.6. The van der Waals surface area contributed by atoms with Gasteiger partial charge in [-0.3, -0.25) is 0 Å². The van der Waals surface area contributed by atoms with E-state index in [0.29, 0.717) is 52.1 Å². The van der Waals surface area contributed by atoms with E-state index in [1.807, 2.05) is 60.7 Å². The Kier molecular flexibility index (Phi) is 15.2. The van der Waals surface area contributed by atoms with Crippen molar-refractivity contribution < 1.29 is 38.7 Å². The number of carbonyl (C=O) groups excluding carboxylic acids is 2. The van der Waals surface area contributed by atoms with Crippen molar-refractivity contribution >= 4 is 12.2 Å². The van der Waals surface area contributed by atoms with Crippen molar-refractivity contribution in [2.24, 2.45) is 10.8 Å². The number of carbonyl (C=O) groups is 2. The Bertz CT molecular complexity index is 1160. The van der Waals surface area contributed by atoms with Crippen LogP contribution < -0.4 is 16.4 Å². The van der Waals surface area contributed by atoms with Crippen LogP contribution in [-0.2, 0) is 31.8 Å². The number of hydrogen-bond acceptors (Lipinski definition) is 10. The standard InChI is InChI=1S/C15H20N4O4.C15H22N2O4/c16-19-17-9-14(20)13(8-11-4-2-1-3-5-11)18-15(21)23-12-6-7-22-10-12;16-9-14(18)13(8-11-4-2-1-3-5-11)17-15(19)21-12-6-7-20-10-12/h1-5,12-14,20H,6-10H2,(H,18,21);1-5,12-14,18H,6-10,16H2,(H,17,19)/t2*12?,13-,14?/m00/s1. The van der Waals surface area contributed by atoms with Gasteiger partial charge in [-0.25, -0.2) is 9.59 Å². The molecule has 2 aliphatic rings. The number of nitrogens with one attached hydrogen (secondary N) is 2. The highest BCUT2D eigenvalue weighted by Gasteiger charge is 2.26. The first kappa shape index (κ1) is 34.6. The van der Waals surface area contributed by atoms with E-state index in [2.05, 4.69) is 20.7 Å². The fraction of sp³-hybridized carbons (Fsp3) is 0.533. The Hall–Kier alpha value is -3.91. The summed E-state index contributed by atoms with van der Waals surface area (Å²) in [6.45, 7) is 1.95. The van der Waals surface area contributed by atoms with E-state index in [-0.39, 0.29) is 25.3 Å². The lowest BCUT2D eigenvalue weighted by Crippen LogP contribution is -2.48. The minimum absolute atomic E-state index is 0.0737. The summed E-state index contributed by atoms with van der Waals surface area (Å²) in [4.78, 5) is 26.5. The van der Waals surface area contributed by atoms with E-state index in [0.717, 1.165) is 11.1 Å². The zero-order valence-corrected chi connectivity index (χ0v) is 24.6. The number of azide groups is 1. The molecule has 2 aliphatic heterocycles. The van der Waals surface area contributed by atoms with Crippen LogP contribution in [0.5, 0.6) is 0 Å². The molecule has 0 bridgehead atoms. The van der Waals surface area contributed by atoms with E-state index in [9.17, 15) is 19.8 Å². The van der Waals surface area contributed by atoms with Gasteiger partial charge in [-0.05, 0) is 29.5 Å². The summed E-state index contributed by atoms with van der Waals surface area (Å²) in [6.07, 6.45) is -1.18. The molecule has 6 atom stereocenters. The van der Waals surface area contributed by atoms with Gasteiger partial charge in [-0.2, -0.15) is 0 Å². The van der Waals surface area contributed by atoms with Gasteiger partial charge < -0.3 is 45.5 Å². The number of nitrogens with zero attached hydrogens (tertiary/aromatic N) is 3. The normalized spacial score (nSPS) is 20.1. The summed E-state index contributed by atoms with van der Waals surface area (Å²) in [5.41, 5.74) is 15.8. The second kappa shape index (κ2) is 19.4. The number of rotatable bonds is 13. The van der Waals surface area contributed by atoms with Crippen LogP contribution in [0.2, 0.25) is 0 Å². The third-order valence-electron chi connectivity index (χ3n) is 7.03. The molecule has 44 heavy (non-hydrogen) atoms. The van der Waals surface area contributed by atoms with Crippen LogP contribution in [0.25, 0.3) is 10.4 Å². The minimum atomic E-state index is -1.00. The predicted octanol–water partition coefficient (Wildman–Crippen LogP) is 2.22. The molecule has 240 valence electrons. The number of ether oxygens (including phenoxy) is 4. The molecule has 0 radical (unpaired) electrons. The summed E-state index contributed by atoms with van der Waals surface area (Å²) >= 11 is 0. The molecule has 4 unspecified atom stereocenters. The first-order valence-corrected chi connectivity index (χ1v) is 14.6. The Balaban J connectivity index is 0.000000241. The van der Waals surface area contributed by atoms with Gasteiger partial charge in [-0.15, -0.1) is 0 Å². The predicted molar refractivity (Wildman–Crippen MR) is 161 cm³/mol. The smallest absolute Gasteiger partial charge is 0.407 e. The average molecular weight is 615 g/mol. The lowest BCUT2D eigenvalue weighted by atomic mass is 10.0. The van der Waals surface area contributed by atoms with Crippen molar-refractivity contribution in [3.63, 3.8) is 0 Å². The van der Waals surface area contributed by atoms with Gasteiger partial charge in [0.1, 0.15) is 12.2 Å². The molecule has 4 rings (SSSR count). The number of amides is 2. The van der Waals surface area contributed by atoms with Crippen LogP contribution in [0.4, 0.5) is 9.59 Å². The van der Waals surface area contributed by atoms with E-state index >= 15 is 0 Å².